The Morgan fingerprint density at radius 1 is 1.08 bits per heavy atom. The molecule has 3 aromatic carbocycles. The Bertz CT molecular complexity index is 1040. The first-order valence-corrected chi connectivity index (χ1v) is 8.77. The molecule has 0 amide bonds. The molecular formula is C23H21NO2. The number of carbonyl (C=O) groups excluding carboxylic acids is 1. The molecule has 3 nitrogen and oxygen atoms in total. The van der Waals surface area contributed by atoms with Crippen molar-refractivity contribution >= 4 is 22.3 Å². The predicted molar refractivity (Wildman–Crippen MR) is 105 cm³/mol. The number of rotatable bonds is 2. The van der Waals surface area contributed by atoms with Crippen LogP contribution in [0.1, 0.15) is 35.3 Å². The first kappa shape index (κ1) is 16.4. The summed E-state index contributed by atoms with van der Waals surface area (Å²) < 4.78 is 0. The minimum Gasteiger partial charge on any atom is -0.508 e. The Balaban J connectivity index is 1.83. The van der Waals surface area contributed by atoms with Crippen LogP contribution in [0, 0.1) is 0 Å². The van der Waals surface area contributed by atoms with E-state index >= 15 is 0 Å². The Morgan fingerprint density at radius 2 is 1.85 bits per heavy atom. The molecule has 3 aromatic rings. The van der Waals surface area contributed by atoms with E-state index in [4.69, 9.17) is 0 Å². The highest BCUT2D eigenvalue weighted by Crippen LogP contribution is 2.32. The van der Waals surface area contributed by atoms with Gasteiger partial charge in [-0.1, -0.05) is 48.5 Å². The zero-order valence-electron chi connectivity index (χ0n) is 14.9. The molecule has 0 saturated heterocycles. The van der Waals surface area contributed by atoms with Crippen molar-refractivity contribution in [2.45, 2.75) is 25.8 Å². The zero-order valence-corrected chi connectivity index (χ0v) is 14.9. The van der Waals surface area contributed by atoms with Gasteiger partial charge in [-0.15, -0.1) is 0 Å². The maximum atomic E-state index is 13.1. The molecule has 1 heterocycles. The van der Waals surface area contributed by atoms with Crippen molar-refractivity contribution in [1.29, 1.82) is 0 Å². The summed E-state index contributed by atoms with van der Waals surface area (Å²) in [6.07, 6.45) is 2.49. The molecule has 1 aliphatic rings. The number of allylic oxidation sites excluding steroid dienone is 1. The SMILES string of the molecule is CC1(C)Cc2ccc(O)cc2C(=CC(=O)c2cccc3ccccc23)N1. The van der Waals surface area contributed by atoms with Gasteiger partial charge in [-0.2, -0.15) is 0 Å². The number of phenolic OH excluding ortho intramolecular Hbond substituents is 1. The molecular weight excluding hydrogens is 322 g/mol. The van der Waals surface area contributed by atoms with Crippen LogP contribution < -0.4 is 5.32 Å². The molecule has 26 heavy (non-hydrogen) atoms. The van der Waals surface area contributed by atoms with Crippen LogP contribution in [0.4, 0.5) is 0 Å². The third-order valence-electron chi connectivity index (χ3n) is 4.82. The molecule has 0 bridgehead atoms. The first-order valence-electron chi connectivity index (χ1n) is 8.77. The summed E-state index contributed by atoms with van der Waals surface area (Å²) in [5.41, 5.74) is 3.29. The van der Waals surface area contributed by atoms with Crippen molar-refractivity contribution in [2.24, 2.45) is 0 Å². The zero-order chi connectivity index (χ0) is 18.3. The molecule has 3 heteroatoms. The smallest absolute Gasteiger partial charge is 0.188 e. The van der Waals surface area contributed by atoms with Gasteiger partial charge in [0.2, 0.25) is 0 Å². The predicted octanol–water partition coefficient (Wildman–Crippen LogP) is 4.69. The van der Waals surface area contributed by atoms with E-state index in [0.717, 1.165) is 34.0 Å². The van der Waals surface area contributed by atoms with Crippen LogP contribution in [-0.2, 0) is 6.42 Å². The molecule has 0 aliphatic carbocycles. The largest absolute Gasteiger partial charge is 0.508 e. The number of fused-ring (bicyclic) bond motifs is 2. The van der Waals surface area contributed by atoms with Gasteiger partial charge in [0.25, 0.3) is 0 Å². The Morgan fingerprint density at radius 3 is 2.69 bits per heavy atom. The Hall–Kier alpha value is -3.07. The molecule has 0 spiro atoms. The van der Waals surface area contributed by atoms with E-state index in [-0.39, 0.29) is 17.1 Å². The fraction of sp³-hybridized carbons (Fsp3) is 0.174. The summed E-state index contributed by atoms with van der Waals surface area (Å²) in [6.45, 7) is 4.22. The van der Waals surface area contributed by atoms with Crippen LogP contribution in [0.25, 0.3) is 16.5 Å². The number of aromatic hydroxyl groups is 1. The van der Waals surface area contributed by atoms with Gasteiger partial charge in [0.15, 0.2) is 5.78 Å². The standard InChI is InChI=1S/C23H21NO2/c1-23(2)14-16-10-11-17(25)12-20(16)21(24-23)13-22(26)19-9-5-7-15-6-3-4-8-18(15)19/h3-13,24-25H,14H2,1-2H3. The number of phenols is 1. The fourth-order valence-corrected chi connectivity index (χ4v) is 3.68. The molecule has 0 atom stereocenters. The molecule has 0 aromatic heterocycles. The number of carbonyl (C=O) groups is 1. The normalized spacial score (nSPS) is 16.9. The highest BCUT2D eigenvalue weighted by atomic mass is 16.3. The summed E-state index contributed by atoms with van der Waals surface area (Å²) in [4.78, 5) is 13.1. The molecule has 0 saturated carbocycles. The van der Waals surface area contributed by atoms with E-state index in [0.29, 0.717) is 5.56 Å². The summed E-state index contributed by atoms with van der Waals surface area (Å²) in [5.74, 6) is 0.157. The average Bonchev–Trinajstić information content (AvgIpc) is 2.61. The molecule has 1 aliphatic heterocycles. The third kappa shape index (κ3) is 2.97. The summed E-state index contributed by atoms with van der Waals surface area (Å²) in [5, 5.41) is 15.3. The molecule has 0 fully saturated rings. The molecule has 0 radical (unpaired) electrons. The van der Waals surface area contributed by atoms with Gasteiger partial charge in [0.1, 0.15) is 5.75 Å². The quantitative estimate of drug-likeness (QED) is 0.524. The lowest BCUT2D eigenvalue weighted by Crippen LogP contribution is -2.43. The number of hydrogen-bond acceptors (Lipinski definition) is 3. The number of ketones is 1. The van der Waals surface area contributed by atoms with Gasteiger partial charge in [0, 0.05) is 28.4 Å². The van der Waals surface area contributed by atoms with E-state index < -0.39 is 0 Å². The van der Waals surface area contributed by atoms with E-state index in [9.17, 15) is 9.90 Å². The maximum Gasteiger partial charge on any atom is 0.188 e. The van der Waals surface area contributed by atoms with Gasteiger partial charge in [-0.25, -0.2) is 0 Å². The van der Waals surface area contributed by atoms with Crippen molar-refractivity contribution in [1.82, 2.24) is 5.32 Å². The number of hydrogen-bond donors (Lipinski definition) is 2. The topological polar surface area (TPSA) is 49.3 Å². The van der Waals surface area contributed by atoms with Crippen LogP contribution in [-0.4, -0.2) is 16.4 Å². The molecule has 4 rings (SSSR count). The average molecular weight is 343 g/mol. The van der Waals surface area contributed by atoms with E-state index in [1.165, 1.54) is 0 Å². The van der Waals surface area contributed by atoms with Crippen molar-refractivity contribution in [3.63, 3.8) is 0 Å². The third-order valence-corrected chi connectivity index (χ3v) is 4.82. The minimum atomic E-state index is -0.158. The van der Waals surface area contributed by atoms with Crippen LogP contribution in [0.2, 0.25) is 0 Å². The van der Waals surface area contributed by atoms with Crippen LogP contribution in [0.15, 0.2) is 66.7 Å². The second-order valence-electron chi connectivity index (χ2n) is 7.48. The second kappa shape index (κ2) is 6.03. The van der Waals surface area contributed by atoms with Crippen LogP contribution in [0.3, 0.4) is 0 Å². The van der Waals surface area contributed by atoms with Gasteiger partial charge in [0.05, 0.1) is 0 Å². The van der Waals surface area contributed by atoms with Gasteiger partial charge in [-0.05, 0) is 48.7 Å². The van der Waals surface area contributed by atoms with Gasteiger partial charge < -0.3 is 10.4 Å². The summed E-state index contributed by atoms with van der Waals surface area (Å²) >= 11 is 0. The van der Waals surface area contributed by atoms with E-state index in [2.05, 4.69) is 19.2 Å². The van der Waals surface area contributed by atoms with E-state index in [1.807, 2.05) is 48.5 Å². The van der Waals surface area contributed by atoms with Gasteiger partial charge >= 0.3 is 0 Å². The lowest BCUT2D eigenvalue weighted by Gasteiger charge is -2.35. The Labute approximate surface area is 153 Å². The van der Waals surface area contributed by atoms with Gasteiger partial charge in [-0.3, -0.25) is 4.79 Å². The Kier molecular flexibility index (Phi) is 3.80. The molecule has 0 unspecified atom stereocenters. The van der Waals surface area contributed by atoms with Crippen molar-refractivity contribution < 1.29 is 9.90 Å². The highest BCUT2D eigenvalue weighted by molar-refractivity contribution is 6.15. The maximum absolute atomic E-state index is 13.1. The van der Waals surface area contributed by atoms with Crippen molar-refractivity contribution in [3.05, 3.63) is 83.4 Å². The van der Waals surface area contributed by atoms with Crippen LogP contribution >= 0.6 is 0 Å². The van der Waals surface area contributed by atoms with Crippen LogP contribution in [0.5, 0.6) is 5.75 Å². The monoisotopic (exact) mass is 343 g/mol. The molecule has 130 valence electrons. The lowest BCUT2D eigenvalue weighted by atomic mass is 9.85. The fourth-order valence-electron chi connectivity index (χ4n) is 3.68. The van der Waals surface area contributed by atoms with Crippen molar-refractivity contribution in [3.8, 4) is 5.75 Å². The summed E-state index contributed by atoms with van der Waals surface area (Å²) in [7, 11) is 0. The minimum absolute atomic E-state index is 0.0451. The van der Waals surface area contributed by atoms with Crippen molar-refractivity contribution in [2.75, 3.05) is 0 Å². The lowest BCUT2D eigenvalue weighted by molar-refractivity contribution is 0.104. The second-order valence-corrected chi connectivity index (χ2v) is 7.48. The number of nitrogens with one attached hydrogen (secondary N) is 1. The molecule has 2 N–H and O–H groups in total. The van der Waals surface area contributed by atoms with E-state index in [1.54, 1.807) is 18.2 Å². The highest BCUT2D eigenvalue weighted by Gasteiger charge is 2.28. The first-order chi connectivity index (χ1) is 12.4. The summed E-state index contributed by atoms with van der Waals surface area (Å²) in [6, 6.07) is 19.0. The number of benzene rings is 3.